The molecular formula is C20H37NO3Si2. The van der Waals surface area contributed by atoms with Crippen LogP contribution in [0.5, 0.6) is 0 Å². The third-order valence-electron chi connectivity index (χ3n) is 5.95. The van der Waals surface area contributed by atoms with E-state index in [2.05, 4.69) is 72.7 Å². The Balaban J connectivity index is 3.11. The molecule has 0 aromatic carbocycles. The van der Waals surface area contributed by atoms with Gasteiger partial charge in [-0.05, 0) is 42.3 Å². The Hall–Kier alpha value is -0.826. The minimum Gasteiger partial charge on any atom is -0.414 e. The molecule has 26 heavy (non-hydrogen) atoms. The molecule has 0 bridgehead atoms. The molecule has 0 radical (unpaired) electrons. The van der Waals surface area contributed by atoms with Gasteiger partial charge in [-0.3, -0.25) is 9.78 Å². The second kappa shape index (κ2) is 8.04. The lowest BCUT2D eigenvalue weighted by Gasteiger charge is -2.41. The SMILES string of the molecule is CC(C)(C)[Si](C)(C)OCC(O[Si](C)(C)C(C)(C)C)c1ccc(C=O)nc1. The topological polar surface area (TPSA) is 48.4 Å². The minimum absolute atomic E-state index is 0.110. The molecule has 4 nitrogen and oxygen atoms in total. The first-order valence-electron chi connectivity index (χ1n) is 9.34. The molecule has 0 spiro atoms. The van der Waals surface area contributed by atoms with Gasteiger partial charge in [-0.25, -0.2) is 0 Å². The van der Waals surface area contributed by atoms with E-state index in [0.29, 0.717) is 12.3 Å². The summed E-state index contributed by atoms with van der Waals surface area (Å²) >= 11 is 0. The van der Waals surface area contributed by atoms with Crippen molar-refractivity contribution in [3.8, 4) is 0 Å². The van der Waals surface area contributed by atoms with E-state index in [9.17, 15) is 4.79 Å². The number of carbonyl (C=O) groups is 1. The first-order chi connectivity index (χ1) is 11.6. The summed E-state index contributed by atoms with van der Waals surface area (Å²) in [5.41, 5.74) is 1.41. The van der Waals surface area contributed by atoms with Crippen molar-refractivity contribution in [2.24, 2.45) is 0 Å². The van der Waals surface area contributed by atoms with Crippen molar-refractivity contribution in [1.29, 1.82) is 0 Å². The van der Waals surface area contributed by atoms with Gasteiger partial charge in [0.25, 0.3) is 0 Å². The van der Waals surface area contributed by atoms with Gasteiger partial charge in [0, 0.05) is 11.8 Å². The first kappa shape index (κ1) is 23.2. The van der Waals surface area contributed by atoms with Crippen molar-refractivity contribution in [1.82, 2.24) is 4.98 Å². The fourth-order valence-corrected chi connectivity index (χ4v) is 4.18. The standard InChI is InChI=1S/C20H37NO3Si2/c1-19(2,3)25(7,8)23-15-18(24-26(9,10)20(4,5)6)16-11-12-17(14-22)21-13-16/h11-14,18H,15H2,1-10H3. The summed E-state index contributed by atoms with van der Waals surface area (Å²) in [4.78, 5) is 15.1. The van der Waals surface area contributed by atoms with Gasteiger partial charge in [0.15, 0.2) is 22.9 Å². The van der Waals surface area contributed by atoms with E-state index in [1.165, 1.54) is 0 Å². The van der Waals surface area contributed by atoms with Crippen LogP contribution in [0, 0.1) is 0 Å². The van der Waals surface area contributed by atoms with Crippen LogP contribution in [0.15, 0.2) is 18.3 Å². The Bertz CT molecular complexity index is 599. The lowest BCUT2D eigenvalue weighted by atomic mass is 10.1. The number of hydrogen-bond acceptors (Lipinski definition) is 4. The first-order valence-corrected chi connectivity index (χ1v) is 15.2. The second-order valence-electron chi connectivity index (χ2n) is 10.1. The van der Waals surface area contributed by atoms with Gasteiger partial charge in [0.2, 0.25) is 0 Å². The summed E-state index contributed by atoms with van der Waals surface area (Å²) in [6.45, 7) is 22.9. The normalized spacial score (nSPS) is 15.0. The van der Waals surface area contributed by atoms with Crippen molar-refractivity contribution in [2.75, 3.05) is 6.61 Å². The van der Waals surface area contributed by atoms with E-state index in [1.54, 1.807) is 12.3 Å². The molecule has 148 valence electrons. The summed E-state index contributed by atoms with van der Waals surface area (Å²) < 4.78 is 13.1. The van der Waals surface area contributed by atoms with E-state index < -0.39 is 16.6 Å². The molecule has 1 heterocycles. The molecular weight excluding hydrogens is 358 g/mol. The fraction of sp³-hybridized carbons (Fsp3) is 0.700. The lowest BCUT2D eigenvalue weighted by molar-refractivity contribution is 0.107. The third-order valence-corrected chi connectivity index (χ3v) is 14.9. The maximum Gasteiger partial charge on any atom is 0.193 e. The number of rotatable bonds is 7. The molecule has 0 saturated carbocycles. The van der Waals surface area contributed by atoms with Crippen LogP contribution >= 0.6 is 0 Å². The van der Waals surface area contributed by atoms with E-state index >= 15 is 0 Å². The Labute approximate surface area is 162 Å². The van der Waals surface area contributed by atoms with Crippen molar-refractivity contribution in [3.05, 3.63) is 29.6 Å². The van der Waals surface area contributed by atoms with E-state index in [-0.39, 0.29) is 16.2 Å². The van der Waals surface area contributed by atoms with Crippen LogP contribution in [0.1, 0.15) is 63.7 Å². The second-order valence-corrected chi connectivity index (χ2v) is 19.6. The monoisotopic (exact) mass is 395 g/mol. The maximum absolute atomic E-state index is 10.9. The molecule has 0 aliphatic rings. The molecule has 6 heteroatoms. The lowest BCUT2D eigenvalue weighted by Crippen LogP contribution is -2.45. The summed E-state index contributed by atoms with van der Waals surface area (Å²) in [5.74, 6) is 0. The van der Waals surface area contributed by atoms with E-state index in [0.717, 1.165) is 11.8 Å². The summed E-state index contributed by atoms with van der Waals surface area (Å²) in [6, 6.07) is 3.68. The van der Waals surface area contributed by atoms with Crippen LogP contribution in [0.25, 0.3) is 0 Å². The Morgan fingerprint density at radius 1 is 1.00 bits per heavy atom. The van der Waals surface area contributed by atoms with Crippen molar-refractivity contribution in [2.45, 2.75) is 83.9 Å². The quantitative estimate of drug-likeness (QED) is 0.421. The molecule has 0 fully saturated rings. The van der Waals surface area contributed by atoms with Gasteiger partial charge in [-0.15, -0.1) is 0 Å². The molecule has 0 N–H and O–H groups in total. The highest BCUT2D eigenvalue weighted by atomic mass is 28.4. The van der Waals surface area contributed by atoms with Crippen molar-refractivity contribution < 1.29 is 13.6 Å². The maximum atomic E-state index is 10.9. The highest BCUT2D eigenvalue weighted by molar-refractivity contribution is 6.74. The molecule has 1 unspecified atom stereocenters. The molecule has 1 aromatic heterocycles. The van der Waals surface area contributed by atoms with E-state index in [1.807, 2.05) is 6.07 Å². The van der Waals surface area contributed by atoms with Crippen LogP contribution in [0.3, 0.4) is 0 Å². The predicted molar refractivity (Wildman–Crippen MR) is 114 cm³/mol. The molecule has 1 aromatic rings. The predicted octanol–water partition coefficient (Wildman–Crippen LogP) is 5.98. The highest BCUT2D eigenvalue weighted by Gasteiger charge is 2.41. The molecule has 1 atom stereocenters. The number of nitrogens with zero attached hydrogens (tertiary/aromatic N) is 1. The van der Waals surface area contributed by atoms with Crippen LogP contribution in [0.4, 0.5) is 0 Å². The fourth-order valence-electron chi connectivity index (χ4n) is 1.91. The minimum atomic E-state index is -1.98. The Morgan fingerprint density at radius 3 is 1.92 bits per heavy atom. The number of hydrogen-bond donors (Lipinski definition) is 0. The van der Waals surface area contributed by atoms with Crippen LogP contribution in [-0.4, -0.2) is 34.5 Å². The summed E-state index contributed by atoms with van der Waals surface area (Å²) in [5, 5.41) is 0.256. The molecule has 1 rings (SSSR count). The summed E-state index contributed by atoms with van der Waals surface area (Å²) in [7, 11) is -3.86. The van der Waals surface area contributed by atoms with Crippen molar-refractivity contribution in [3.63, 3.8) is 0 Å². The average molecular weight is 396 g/mol. The zero-order chi connectivity index (χ0) is 20.4. The van der Waals surface area contributed by atoms with Gasteiger partial charge in [-0.1, -0.05) is 47.6 Å². The number of carbonyl (C=O) groups excluding carboxylic acids is 1. The Kier molecular flexibility index (Phi) is 7.18. The van der Waals surface area contributed by atoms with Gasteiger partial charge < -0.3 is 8.85 Å². The zero-order valence-electron chi connectivity index (χ0n) is 18.3. The molecule has 0 aliphatic heterocycles. The van der Waals surface area contributed by atoms with Crippen LogP contribution in [-0.2, 0) is 8.85 Å². The molecule has 0 amide bonds. The van der Waals surface area contributed by atoms with Crippen LogP contribution < -0.4 is 0 Å². The van der Waals surface area contributed by atoms with Gasteiger partial charge in [0.05, 0.1) is 12.7 Å². The Morgan fingerprint density at radius 2 is 1.54 bits per heavy atom. The number of pyridine rings is 1. The number of aldehydes is 1. The van der Waals surface area contributed by atoms with Crippen LogP contribution in [0.2, 0.25) is 36.3 Å². The highest BCUT2D eigenvalue weighted by Crippen LogP contribution is 2.41. The largest absolute Gasteiger partial charge is 0.414 e. The molecule has 0 saturated heterocycles. The average Bonchev–Trinajstić information content (AvgIpc) is 2.49. The smallest absolute Gasteiger partial charge is 0.193 e. The van der Waals surface area contributed by atoms with Gasteiger partial charge in [-0.2, -0.15) is 0 Å². The van der Waals surface area contributed by atoms with Gasteiger partial charge >= 0.3 is 0 Å². The van der Waals surface area contributed by atoms with E-state index in [4.69, 9.17) is 8.85 Å². The van der Waals surface area contributed by atoms with Gasteiger partial charge in [0.1, 0.15) is 5.69 Å². The van der Waals surface area contributed by atoms with Crippen molar-refractivity contribution >= 4 is 22.9 Å². The summed E-state index contributed by atoms with van der Waals surface area (Å²) in [6.07, 6.45) is 2.34. The third kappa shape index (κ3) is 5.84. The zero-order valence-corrected chi connectivity index (χ0v) is 20.3. The molecule has 0 aliphatic carbocycles. The number of aromatic nitrogens is 1.